The Morgan fingerprint density at radius 1 is 1.12 bits per heavy atom. The van der Waals surface area contributed by atoms with E-state index in [1.807, 2.05) is 18.2 Å². The standard InChI is InChI=1S/C21H34N2O3/c1-5-23(6-2)12-13-26-20(24)15-18(14-17(3)4)16-22-21(25)19-10-8-7-9-11-19/h7-11,17-18H,5-6,12-16H2,1-4H3,(H,22,25). The molecule has 0 fully saturated rings. The van der Waals surface area contributed by atoms with E-state index in [2.05, 4.69) is 37.9 Å². The molecule has 26 heavy (non-hydrogen) atoms. The number of carbonyl (C=O) groups excluding carboxylic acids is 2. The van der Waals surface area contributed by atoms with Gasteiger partial charge in [-0.25, -0.2) is 0 Å². The maximum Gasteiger partial charge on any atom is 0.306 e. The predicted molar refractivity (Wildman–Crippen MR) is 105 cm³/mol. The molecule has 0 heterocycles. The summed E-state index contributed by atoms with van der Waals surface area (Å²) in [7, 11) is 0. The summed E-state index contributed by atoms with van der Waals surface area (Å²) in [6.45, 7) is 12.0. The zero-order chi connectivity index (χ0) is 19.4. The van der Waals surface area contributed by atoms with Gasteiger partial charge in [0, 0.05) is 18.7 Å². The van der Waals surface area contributed by atoms with Crippen molar-refractivity contribution in [2.45, 2.75) is 40.5 Å². The van der Waals surface area contributed by atoms with Crippen molar-refractivity contribution in [3.63, 3.8) is 0 Å². The first-order chi connectivity index (χ1) is 12.5. The Morgan fingerprint density at radius 2 is 1.77 bits per heavy atom. The molecular weight excluding hydrogens is 328 g/mol. The van der Waals surface area contributed by atoms with Crippen LogP contribution >= 0.6 is 0 Å². The Labute approximate surface area is 158 Å². The second-order valence-corrected chi connectivity index (χ2v) is 7.02. The molecule has 146 valence electrons. The Bertz CT molecular complexity index is 527. The van der Waals surface area contributed by atoms with Crippen molar-refractivity contribution in [3.8, 4) is 0 Å². The van der Waals surface area contributed by atoms with Gasteiger partial charge in [-0.2, -0.15) is 0 Å². The van der Waals surface area contributed by atoms with Crippen LogP contribution in [0.4, 0.5) is 0 Å². The van der Waals surface area contributed by atoms with Gasteiger partial charge in [-0.15, -0.1) is 0 Å². The number of benzene rings is 1. The van der Waals surface area contributed by atoms with Crippen molar-refractivity contribution in [1.29, 1.82) is 0 Å². The van der Waals surface area contributed by atoms with Crippen LogP contribution in [-0.2, 0) is 9.53 Å². The van der Waals surface area contributed by atoms with Crippen molar-refractivity contribution >= 4 is 11.9 Å². The molecule has 0 aromatic heterocycles. The molecule has 1 atom stereocenters. The summed E-state index contributed by atoms with van der Waals surface area (Å²) in [6.07, 6.45) is 1.21. The van der Waals surface area contributed by atoms with Gasteiger partial charge in [0.15, 0.2) is 0 Å². The number of nitrogens with zero attached hydrogens (tertiary/aromatic N) is 1. The minimum Gasteiger partial charge on any atom is -0.464 e. The van der Waals surface area contributed by atoms with Crippen molar-refractivity contribution < 1.29 is 14.3 Å². The summed E-state index contributed by atoms with van der Waals surface area (Å²) in [6, 6.07) is 9.14. The number of hydrogen-bond donors (Lipinski definition) is 1. The third kappa shape index (κ3) is 8.99. The number of likely N-dealkylation sites (N-methyl/N-ethyl adjacent to an activating group) is 1. The van der Waals surface area contributed by atoms with E-state index < -0.39 is 0 Å². The molecule has 0 radical (unpaired) electrons. The second kappa shape index (κ2) is 12.5. The van der Waals surface area contributed by atoms with Gasteiger partial charge in [-0.05, 0) is 43.5 Å². The number of ether oxygens (including phenoxy) is 1. The van der Waals surface area contributed by atoms with E-state index in [4.69, 9.17) is 4.74 Å². The first-order valence-electron chi connectivity index (χ1n) is 9.67. The van der Waals surface area contributed by atoms with E-state index in [0.717, 1.165) is 26.1 Å². The van der Waals surface area contributed by atoms with Crippen LogP contribution in [0.3, 0.4) is 0 Å². The van der Waals surface area contributed by atoms with E-state index in [9.17, 15) is 9.59 Å². The SMILES string of the molecule is CCN(CC)CCOC(=O)CC(CNC(=O)c1ccccc1)CC(C)C. The molecule has 1 N–H and O–H groups in total. The summed E-state index contributed by atoms with van der Waals surface area (Å²) < 4.78 is 5.39. The molecule has 1 rings (SSSR count). The van der Waals surface area contributed by atoms with Gasteiger partial charge in [0.2, 0.25) is 0 Å². The Kier molecular flexibility index (Phi) is 10.6. The Morgan fingerprint density at radius 3 is 2.35 bits per heavy atom. The van der Waals surface area contributed by atoms with Crippen molar-refractivity contribution in [2.24, 2.45) is 11.8 Å². The predicted octanol–water partition coefficient (Wildman–Crippen LogP) is 3.35. The highest BCUT2D eigenvalue weighted by atomic mass is 16.5. The Balaban J connectivity index is 2.45. The highest BCUT2D eigenvalue weighted by molar-refractivity contribution is 5.94. The van der Waals surface area contributed by atoms with E-state index in [0.29, 0.717) is 31.1 Å². The topological polar surface area (TPSA) is 58.6 Å². The summed E-state index contributed by atoms with van der Waals surface area (Å²) in [4.78, 5) is 26.6. The summed E-state index contributed by atoms with van der Waals surface area (Å²) in [5.41, 5.74) is 0.637. The molecule has 1 unspecified atom stereocenters. The molecule has 0 bridgehead atoms. The van der Waals surface area contributed by atoms with E-state index >= 15 is 0 Å². The number of rotatable bonds is 12. The van der Waals surface area contributed by atoms with Crippen LogP contribution < -0.4 is 5.32 Å². The lowest BCUT2D eigenvalue weighted by molar-refractivity contribution is -0.145. The van der Waals surface area contributed by atoms with Crippen LogP contribution in [0.2, 0.25) is 0 Å². The molecule has 0 saturated carbocycles. The van der Waals surface area contributed by atoms with Gasteiger partial charge in [-0.1, -0.05) is 45.9 Å². The van der Waals surface area contributed by atoms with E-state index in [1.165, 1.54) is 0 Å². The number of hydrogen-bond acceptors (Lipinski definition) is 4. The fraction of sp³-hybridized carbons (Fsp3) is 0.619. The number of carbonyl (C=O) groups is 2. The molecule has 1 amide bonds. The van der Waals surface area contributed by atoms with Gasteiger partial charge in [-0.3, -0.25) is 9.59 Å². The number of amides is 1. The summed E-state index contributed by atoms with van der Waals surface area (Å²) >= 11 is 0. The molecule has 1 aromatic carbocycles. The average Bonchev–Trinajstić information content (AvgIpc) is 2.63. The van der Waals surface area contributed by atoms with Gasteiger partial charge >= 0.3 is 5.97 Å². The normalized spacial score (nSPS) is 12.2. The molecular formula is C21H34N2O3. The molecule has 5 nitrogen and oxygen atoms in total. The highest BCUT2D eigenvalue weighted by Gasteiger charge is 2.18. The van der Waals surface area contributed by atoms with Crippen LogP contribution in [0.1, 0.15) is 50.9 Å². The molecule has 0 saturated heterocycles. The van der Waals surface area contributed by atoms with Crippen LogP contribution in [0.15, 0.2) is 30.3 Å². The zero-order valence-electron chi connectivity index (χ0n) is 16.7. The first-order valence-corrected chi connectivity index (χ1v) is 9.67. The lowest BCUT2D eigenvalue weighted by atomic mass is 9.94. The minimum absolute atomic E-state index is 0.0867. The van der Waals surface area contributed by atoms with Gasteiger partial charge in [0.1, 0.15) is 6.61 Å². The van der Waals surface area contributed by atoms with Crippen LogP contribution in [0.25, 0.3) is 0 Å². The smallest absolute Gasteiger partial charge is 0.306 e. The quantitative estimate of drug-likeness (QED) is 0.579. The summed E-state index contributed by atoms with van der Waals surface area (Å²) in [5.74, 6) is 0.256. The van der Waals surface area contributed by atoms with Crippen LogP contribution in [0, 0.1) is 11.8 Å². The minimum atomic E-state index is -0.184. The lowest BCUT2D eigenvalue weighted by Gasteiger charge is -2.20. The largest absolute Gasteiger partial charge is 0.464 e. The molecule has 0 aliphatic rings. The fourth-order valence-corrected chi connectivity index (χ4v) is 2.96. The van der Waals surface area contributed by atoms with E-state index in [-0.39, 0.29) is 17.8 Å². The number of nitrogens with one attached hydrogen (secondary N) is 1. The molecule has 1 aromatic rings. The van der Waals surface area contributed by atoms with Crippen molar-refractivity contribution in [2.75, 3.05) is 32.8 Å². The van der Waals surface area contributed by atoms with E-state index in [1.54, 1.807) is 12.1 Å². The molecule has 5 heteroatoms. The number of esters is 1. The van der Waals surface area contributed by atoms with Crippen molar-refractivity contribution in [1.82, 2.24) is 10.2 Å². The second-order valence-electron chi connectivity index (χ2n) is 7.02. The maximum atomic E-state index is 12.2. The third-order valence-electron chi connectivity index (χ3n) is 4.41. The van der Waals surface area contributed by atoms with Crippen LogP contribution in [0.5, 0.6) is 0 Å². The van der Waals surface area contributed by atoms with Crippen LogP contribution in [-0.4, -0.2) is 49.6 Å². The average molecular weight is 363 g/mol. The monoisotopic (exact) mass is 362 g/mol. The fourth-order valence-electron chi connectivity index (χ4n) is 2.96. The third-order valence-corrected chi connectivity index (χ3v) is 4.41. The Hall–Kier alpha value is -1.88. The van der Waals surface area contributed by atoms with Gasteiger partial charge in [0.25, 0.3) is 5.91 Å². The van der Waals surface area contributed by atoms with Crippen molar-refractivity contribution in [3.05, 3.63) is 35.9 Å². The lowest BCUT2D eigenvalue weighted by Crippen LogP contribution is -2.32. The molecule has 0 aliphatic carbocycles. The first kappa shape index (κ1) is 22.2. The van der Waals surface area contributed by atoms with Gasteiger partial charge in [0.05, 0.1) is 6.42 Å². The zero-order valence-corrected chi connectivity index (χ0v) is 16.7. The molecule has 0 aliphatic heterocycles. The van der Waals surface area contributed by atoms with Gasteiger partial charge < -0.3 is 15.0 Å². The maximum absolute atomic E-state index is 12.2. The summed E-state index contributed by atoms with van der Waals surface area (Å²) in [5, 5.41) is 2.95. The highest BCUT2D eigenvalue weighted by Crippen LogP contribution is 2.16. The molecule has 0 spiro atoms.